The number of hydrogen-bond acceptors (Lipinski definition) is 6. The molecule has 1 aromatic carbocycles. The van der Waals surface area contributed by atoms with Gasteiger partial charge in [-0.25, -0.2) is 0 Å². The molecule has 0 atom stereocenters. The molecule has 0 saturated heterocycles. The SMILES string of the molecule is [N-]=[N+]=Nc1ccc([N+](=O)[O-])c(COn2c(O)ccc2O)c1. The lowest BCUT2D eigenvalue weighted by Gasteiger charge is -2.09. The molecule has 21 heavy (non-hydrogen) atoms. The Bertz CT molecular complexity index is 715. The molecule has 0 fully saturated rings. The summed E-state index contributed by atoms with van der Waals surface area (Å²) in [4.78, 5) is 18.0. The lowest BCUT2D eigenvalue weighted by molar-refractivity contribution is -0.385. The van der Waals surface area contributed by atoms with Gasteiger partial charge in [-0.05, 0) is 17.7 Å². The third-order valence-electron chi connectivity index (χ3n) is 2.57. The lowest BCUT2D eigenvalue weighted by Crippen LogP contribution is -2.11. The fourth-order valence-corrected chi connectivity index (χ4v) is 1.65. The van der Waals surface area contributed by atoms with Gasteiger partial charge in [0.05, 0.1) is 10.5 Å². The summed E-state index contributed by atoms with van der Waals surface area (Å²) in [7, 11) is 0. The highest BCUT2D eigenvalue weighted by Gasteiger charge is 2.16. The van der Waals surface area contributed by atoms with Gasteiger partial charge in [-0.2, -0.15) is 0 Å². The zero-order chi connectivity index (χ0) is 15.4. The van der Waals surface area contributed by atoms with Crippen LogP contribution in [0.2, 0.25) is 0 Å². The van der Waals surface area contributed by atoms with E-state index in [1.807, 2.05) is 0 Å². The monoisotopic (exact) mass is 291 g/mol. The number of nitro benzene ring substituents is 1. The van der Waals surface area contributed by atoms with Crippen LogP contribution in [0.25, 0.3) is 10.4 Å². The molecule has 0 spiro atoms. The molecule has 0 saturated carbocycles. The second kappa shape index (κ2) is 5.72. The van der Waals surface area contributed by atoms with E-state index in [-0.39, 0.29) is 35.3 Å². The first-order valence-corrected chi connectivity index (χ1v) is 5.58. The van der Waals surface area contributed by atoms with E-state index in [1.54, 1.807) is 0 Å². The van der Waals surface area contributed by atoms with E-state index < -0.39 is 4.92 Å². The number of aromatic nitrogens is 1. The average molecular weight is 291 g/mol. The molecule has 0 bridgehead atoms. The van der Waals surface area contributed by atoms with Crippen LogP contribution in [0.5, 0.6) is 11.8 Å². The Morgan fingerprint density at radius 2 is 2.00 bits per heavy atom. The summed E-state index contributed by atoms with van der Waals surface area (Å²) in [6.07, 6.45) is 0. The molecule has 108 valence electrons. The smallest absolute Gasteiger partial charge is 0.276 e. The van der Waals surface area contributed by atoms with E-state index in [1.165, 1.54) is 30.3 Å². The van der Waals surface area contributed by atoms with Crippen molar-refractivity contribution >= 4 is 11.4 Å². The fourth-order valence-electron chi connectivity index (χ4n) is 1.65. The highest BCUT2D eigenvalue weighted by Crippen LogP contribution is 2.26. The minimum Gasteiger partial charge on any atom is -0.492 e. The molecule has 10 heteroatoms. The van der Waals surface area contributed by atoms with Crippen molar-refractivity contribution in [3.8, 4) is 11.8 Å². The second-order valence-corrected chi connectivity index (χ2v) is 3.88. The number of nitro groups is 1. The predicted molar refractivity (Wildman–Crippen MR) is 69.9 cm³/mol. The molecular formula is C11H9N5O5. The van der Waals surface area contributed by atoms with Crippen LogP contribution in [0, 0.1) is 10.1 Å². The Morgan fingerprint density at radius 1 is 1.33 bits per heavy atom. The number of aromatic hydroxyl groups is 2. The quantitative estimate of drug-likeness (QED) is 0.285. The van der Waals surface area contributed by atoms with Crippen molar-refractivity contribution in [2.45, 2.75) is 6.61 Å². The topological polar surface area (TPSA) is 147 Å². The summed E-state index contributed by atoms with van der Waals surface area (Å²) in [6.45, 7) is -0.319. The van der Waals surface area contributed by atoms with Crippen LogP contribution in [0.3, 0.4) is 0 Å². The van der Waals surface area contributed by atoms with Gasteiger partial charge in [0, 0.05) is 28.8 Å². The highest BCUT2D eigenvalue weighted by molar-refractivity contribution is 5.50. The van der Waals surface area contributed by atoms with Crippen molar-refractivity contribution in [2.24, 2.45) is 5.11 Å². The molecule has 2 rings (SSSR count). The molecule has 0 aliphatic heterocycles. The zero-order valence-corrected chi connectivity index (χ0v) is 10.4. The predicted octanol–water partition coefficient (Wildman–Crippen LogP) is 2.38. The van der Waals surface area contributed by atoms with E-state index in [4.69, 9.17) is 10.4 Å². The second-order valence-electron chi connectivity index (χ2n) is 3.88. The zero-order valence-electron chi connectivity index (χ0n) is 10.4. The third kappa shape index (κ3) is 2.96. The molecule has 2 N–H and O–H groups in total. The normalized spacial score (nSPS) is 9.90. The summed E-state index contributed by atoms with van der Waals surface area (Å²) in [5, 5.41) is 33.1. The molecular weight excluding hydrogens is 282 g/mol. The minimum absolute atomic E-state index is 0.123. The summed E-state index contributed by atoms with van der Waals surface area (Å²) in [6, 6.07) is 6.15. The van der Waals surface area contributed by atoms with Gasteiger partial charge in [0.25, 0.3) is 5.69 Å². The molecule has 0 aliphatic carbocycles. The van der Waals surface area contributed by atoms with E-state index in [2.05, 4.69) is 10.0 Å². The molecule has 0 aliphatic rings. The van der Waals surface area contributed by atoms with Gasteiger partial charge in [-0.15, -0.1) is 4.73 Å². The van der Waals surface area contributed by atoms with Gasteiger partial charge < -0.3 is 15.1 Å². The van der Waals surface area contributed by atoms with Gasteiger partial charge in [-0.3, -0.25) is 10.1 Å². The maximum absolute atomic E-state index is 10.9. The van der Waals surface area contributed by atoms with Gasteiger partial charge in [-0.1, -0.05) is 5.11 Å². The first-order chi connectivity index (χ1) is 10.0. The summed E-state index contributed by atoms with van der Waals surface area (Å²) in [5.74, 6) is -0.720. The maximum atomic E-state index is 10.9. The Balaban J connectivity index is 2.31. The standard InChI is InChI=1S/C11H9N5O5/c12-14-13-8-1-2-9(16(19)20)7(5-8)6-21-15-10(17)3-4-11(15)18/h1-5,17-18H,6H2. The largest absolute Gasteiger partial charge is 0.492 e. The van der Waals surface area contributed by atoms with Crippen LogP contribution in [0.1, 0.15) is 5.56 Å². The van der Waals surface area contributed by atoms with Crippen molar-refractivity contribution in [3.05, 3.63) is 56.5 Å². The number of nitrogens with zero attached hydrogens (tertiary/aromatic N) is 5. The van der Waals surface area contributed by atoms with Crippen LogP contribution in [-0.2, 0) is 6.61 Å². The average Bonchev–Trinajstić information content (AvgIpc) is 2.76. The van der Waals surface area contributed by atoms with E-state index in [9.17, 15) is 20.3 Å². The van der Waals surface area contributed by atoms with E-state index in [0.29, 0.717) is 4.73 Å². The van der Waals surface area contributed by atoms with Crippen molar-refractivity contribution in [1.82, 2.24) is 4.73 Å². The lowest BCUT2D eigenvalue weighted by atomic mass is 10.2. The third-order valence-corrected chi connectivity index (χ3v) is 2.57. The van der Waals surface area contributed by atoms with Crippen molar-refractivity contribution in [1.29, 1.82) is 0 Å². The Labute approximate surface area is 117 Å². The van der Waals surface area contributed by atoms with Crippen LogP contribution in [0.15, 0.2) is 35.4 Å². The minimum atomic E-state index is -0.617. The van der Waals surface area contributed by atoms with Gasteiger partial charge in [0.1, 0.15) is 6.61 Å². The van der Waals surface area contributed by atoms with Crippen molar-refractivity contribution in [2.75, 3.05) is 0 Å². The van der Waals surface area contributed by atoms with Crippen LogP contribution in [0.4, 0.5) is 11.4 Å². The van der Waals surface area contributed by atoms with Crippen LogP contribution < -0.4 is 4.84 Å². The first-order valence-electron chi connectivity index (χ1n) is 5.58. The maximum Gasteiger partial charge on any atom is 0.276 e. The Kier molecular flexibility index (Phi) is 3.82. The fraction of sp³-hybridized carbons (Fsp3) is 0.0909. The van der Waals surface area contributed by atoms with Gasteiger partial charge in [0.2, 0.25) is 11.8 Å². The number of benzene rings is 1. The van der Waals surface area contributed by atoms with E-state index >= 15 is 0 Å². The molecule has 0 amide bonds. The molecule has 0 unspecified atom stereocenters. The first kappa shape index (κ1) is 14.0. The van der Waals surface area contributed by atoms with Crippen LogP contribution >= 0.6 is 0 Å². The van der Waals surface area contributed by atoms with Crippen molar-refractivity contribution < 1.29 is 20.0 Å². The van der Waals surface area contributed by atoms with Crippen LogP contribution in [-0.4, -0.2) is 19.9 Å². The highest BCUT2D eigenvalue weighted by atomic mass is 16.7. The number of azide groups is 1. The Hall–Kier alpha value is -3.39. The summed E-state index contributed by atoms with van der Waals surface area (Å²) in [5.41, 5.74) is 8.43. The molecule has 0 radical (unpaired) electrons. The Morgan fingerprint density at radius 3 is 2.57 bits per heavy atom. The summed E-state index contributed by atoms with van der Waals surface area (Å²) < 4.78 is 0.712. The number of rotatable bonds is 5. The summed E-state index contributed by atoms with van der Waals surface area (Å²) >= 11 is 0. The molecule has 10 nitrogen and oxygen atoms in total. The molecule has 1 aromatic heterocycles. The molecule has 1 heterocycles. The number of hydrogen-bond donors (Lipinski definition) is 2. The molecule has 2 aromatic rings. The van der Waals surface area contributed by atoms with E-state index in [0.717, 1.165) is 0 Å². The van der Waals surface area contributed by atoms with Crippen molar-refractivity contribution in [3.63, 3.8) is 0 Å². The van der Waals surface area contributed by atoms with Gasteiger partial charge >= 0.3 is 0 Å². The van der Waals surface area contributed by atoms with Gasteiger partial charge in [0.15, 0.2) is 0 Å².